The molecule has 94 valence electrons. The van der Waals surface area contributed by atoms with Gasteiger partial charge < -0.3 is 5.73 Å². The molecule has 0 bridgehead atoms. The van der Waals surface area contributed by atoms with Gasteiger partial charge in [-0.05, 0) is 25.0 Å². The normalized spacial score (nSPS) is 15.3. The number of amides is 2. The predicted octanol–water partition coefficient (Wildman–Crippen LogP) is 1.01. The van der Waals surface area contributed by atoms with E-state index in [0.717, 1.165) is 16.7 Å². The molecule has 2 N–H and O–H groups in total. The van der Waals surface area contributed by atoms with Crippen LogP contribution in [0.25, 0.3) is 5.57 Å². The second kappa shape index (κ2) is 4.74. The third-order valence-electron chi connectivity index (χ3n) is 3.05. The molecule has 18 heavy (non-hydrogen) atoms. The maximum absolute atomic E-state index is 12.2. The number of nitrogens with zero attached hydrogens (tertiary/aromatic N) is 1. The summed E-state index contributed by atoms with van der Waals surface area (Å²) < 4.78 is 0. The highest BCUT2D eigenvalue weighted by Crippen LogP contribution is 2.26. The van der Waals surface area contributed by atoms with Crippen LogP contribution in [0, 0.1) is 13.8 Å². The maximum atomic E-state index is 12.2. The van der Waals surface area contributed by atoms with Crippen LogP contribution in [0.1, 0.15) is 16.7 Å². The third-order valence-corrected chi connectivity index (χ3v) is 3.05. The molecule has 1 aromatic rings. The molecule has 0 saturated carbocycles. The second-order valence-corrected chi connectivity index (χ2v) is 4.46. The number of nitrogens with two attached hydrogens (primary N) is 1. The Kier molecular flexibility index (Phi) is 3.30. The van der Waals surface area contributed by atoms with Crippen molar-refractivity contribution in [2.75, 3.05) is 13.1 Å². The summed E-state index contributed by atoms with van der Waals surface area (Å²) in [6.45, 7) is 4.44. The summed E-state index contributed by atoms with van der Waals surface area (Å²) in [5, 5.41) is 0. The van der Waals surface area contributed by atoms with Crippen molar-refractivity contribution >= 4 is 17.4 Å². The summed E-state index contributed by atoms with van der Waals surface area (Å²) in [7, 11) is 0. The van der Waals surface area contributed by atoms with Crippen LogP contribution in [0.2, 0.25) is 0 Å². The fraction of sp³-hybridized carbons (Fsp3) is 0.286. The molecule has 0 unspecified atom stereocenters. The molecule has 0 atom stereocenters. The van der Waals surface area contributed by atoms with Crippen LogP contribution in [0.5, 0.6) is 0 Å². The molecule has 0 aromatic heterocycles. The lowest BCUT2D eigenvalue weighted by Gasteiger charge is -2.14. The summed E-state index contributed by atoms with van der Waals surface area (Å²) in [6.07, 6.45) is 1.40. The van der Waals surface area contributed by atoms with Gasteiger partial charge in [0.2, 0.25) is 0 Å². The minimum atomic E-state index is -0.277. The number of aryl methyl sites for hydroxylation is 2. The van der Waals surface area contributed by atoms with Gasteiger partial charge in [-0.2, -0.15) is 0 Å². The lowest BCUT2D eigenvalue weighted by molar-refractivity contribution is -0.136. The first-order valence-electron chi connectivity index (χ1n) is 5.90. The van der Waals surface area contributed by atoms with E-state index in [1.54, 1.807) is 0 Å². The molecular weight excluding hydrogens is 228 g/mol. The highest BCUT2D eigenvalue weighted by atomic mass is 16.2. The summed E-state index contributed by atoms with van der Waals surface area (Å²) in [5.41, 5.74) is 8.75. The predicted molar refractivity (Wildman–Crippen MR) is 69.7 cm³/mol. The zero-order valence-corrected chi connectivity index (χ0v) is 10.6. The van der Waals surface area contributed by atoms with Crippen molar-refractivity contribution in [2.24, 2.45) is 5.73 Å². The third kappa shape index (κ3) is 2.07. The summed E-state index contributed by atoms with van der Waals surface area (Å²) in [5.74, 6) is -0.527. The SMILES string of the molecule is Cc1ccc(C)c(C2=CC(=O)N(CCN)C2=O)c1. The fourth-order valence-corrected chi connectivity index (χ4v) is 2.07. The first-order valence-corrected chi connectivity index (χ1v) is 5.90. The minimum absolute atomic E-state index is 0.251. The van der Waals surface area contributed by atoms with Gasteiger partial charge in [-0.1, -0.05) is 23.8 Å². The second-order valence-electron chi connectivity index (χ2n) is 4.46. The van der Waals surface area contributed by atoms with Crippen molar-refractivity contribution in [3.63, 3.8) is 0 Å². The molecule has 0 saturated heterocycles. The van der Waals surface area contributed by atoms with Gasteiger partial charge in [-0.25, -0.2) is 0 Å². The Morgan fingerprint density at radius 2 is 1.94 bits per heavy atom. The van der Waals surface area contributed by atoms with E-state index in [4.69, 9.17) is 5.73 Å². The highest BCUT2D eigenvalue weighted by molar-refractivity contribution is 6.33. The average molecular weight is 244 g/mol. The lowest BCUT2D eigenvalue weighted by atomic mass is 9.98. The Bertz CT molecular complexity index is 547. The standard InChI is InChI=1S/C14H16N2O2/c1-9-3-4-10(2)11(7-9)12-8-13(17)16(6-5-15)14(12)18/h3-4,7-8H,5-6,15H2,1-2H3. The zero-order valence-electron chi connectivity index (χ0n) is 10.6. The summed E-state index contributed by atoms with van der Waals surface area (Å²) >= 11 is 0. The molecule has 4 heteroatoms. The quantitative estimate of drug-likeness (QED) is 0.807. The Hall–Kier alpha value is -1.94. The van der Waals surface area contributed by atoms with E-state index in [1.807, 2.05) is 32.0 Å². The molecule has 1 aromatic carbocycles. The Balaban J connectivity index is 2.41. The van der Waals surface area contributed by atoms with Gasteiger partial charge in [0.25, 0.3) is 11.8 Å². The molecule has 1 aliphatic heterocycles. The van der Waals surface area contributed by atoms with Gasteiger partial charge in [0.15, 0.2) is 0 Å². The molecule has 0 radical (unpaired) electrons. The van der Waals surface area contributed by atoms with Crippen LogP contribution in [-0.4, -0.2) is 29.8 Å². The van der Waals surface area contributed by atoms with E-state index in [1.165, 1.54) is 11.0 Å². The number of benzene rings is 1. The van der Waals surface area contributed by atoms with Crippen molar-refractivity contribution in [3.8, 4) is 0 Å². The van der Waals surface area contributed by atoms with Crippen molar-refractivity contribution < 1.29 is 9.59 Å². The zero-order chi connectivity index (χ0) is 13.3. The molecule has 0 spiro atoms. The summed E-state index contributed by atoms with van der Waals surface area (Å²) in [6, 6.07) is 5.87. The smallest absolute Gasteiger partial charge is 0.261 e. The van der Waals surface area contributed by atoms with Crippen LogP contribution >= 0.6 is 0 Å². The molecule has 2 rings (SSSR count). The number of hydrogen-bond acceptors (Lipinski definition) is 3. The van der Waals surface area contributed by atoms with Gasteiger partial charge in [0, 0.05) is 19.2 Å². The number of carbonyl (C=O) groups is 2. The average Bonchev–Trinajstić information content (AvgIpc) is 2.61. The number of rotatable bonds is 3. The Labute approximate surface area is 106 Å². The van der Waals surface area contributed by atoms with Crippen LogP contribution in [0.3, 0.4) is 0 Å². The number of hydrogen-bond donors (Lipinski definition) is 1. The molecule has 1 aliphatic rings. The van der Waals surface area contributed by atoms with Crippen LogP contribution in [0.15, 0.2) is 24.3 Å². The van der Waals surface area contributed by atoms with E-state index in [2.05, 4.69) is 0 Å². The molecular formula is C14H16N2O2. The molecule has 1 heterocycles. The molecule has 0 fully saturated rings. The number of carbonyl (C=O) groups excluding carboxylic acids is 2. The summed E-state index contributed by atoms with van der Waals surface area (Å²) in [4.78, 5) is 25.1. The monoisotopic (exact) mass is 244 g/mol. The van der Waals surface area contributed by atoms with Crippen LogP contribution in [0.4, 0.5) is 0 Å². The van der Waals surface area contributed by atoms with Gasteiger partial charge in [-0.15, -0.1) is 0 Å². The minimum Gasteiger partial charge on any atom is -0.329 e. The van der Waals surface area contributed by atoms with Crippen molar-refractivity contribution in [1.29, 1.82) is 0 Å². The fourth-order valence-electron chi connectivity index (χ4n) is 2.07. The van der Waals surface area contributed by atoms with Gasteiger partial charge in [-0.3, -0.25) is 14.5 Å². The maximum Gasteiger partial charge on any atom is 0.261 e. The van der Waals surface area contributed by atoms with E-state index in [0.29, 0.717) is 5.57 Å². The van der Waals surface area contributed by atoms with Gasteiger partial charge in [0.1, 0.15) is 0 Å². The first kappa shape index (κ1) is 12.5. The van der Waals surface area contributed by atoms with Crippen LogP contribution in [-0.2, 0) is 9.59 Å². The molecule has 4 nitrogen and oxygen atoms in total. The van der Waals surface area contributed by atoms with Gasteiger partial charge in [0.05, 0.1) is 5.57 Å². The van der Waals surface area contributed by atoms with Crippen molar-refractivity contribution in [3.05, 3.63) is 41.0 Å². The molecule has 0 aliphatic carbocycles. The van der Waals surface area contributed by atoms with E-state index in [-0.39, 0.29) is 24.9 Å². The van der Waals surface area contributed by atoms with E-state index >= 15 is 0 Å². The number of imide groups is 1. The van der Waals surface area contributed by atoms with Crippen LogP contribution < -0.4 is 5.73 Å². The van der Waals surface area contributed by atoms with Crippen molar-refractivity contribution in [1.82, 2.24) is 4.90 Å². The Morgan fingerprint density at radius 3 is 2.61 bits per heavy atom. The van der Waals surface area contributed by atoms with Crippen molar-refractivity contribution in [2.45, 2.75) is 13.8 Å². The van der Waals surface area contributed by atoms with Gasteiger partial charge >= 0.3 is 0 Å². The largest absolute Gasteiger partial charge is 0.329 e. The van der Waals surface area contributed by atoms with E-state index in [9.17, 15) is 9.59 Å². The first-order chi connectivity index (χ1) is 8.54. The molecule has 2 amide bonds. The lowest BCUT2D eigenvalue weighted by Crippen LogP contribution is -2.35. The Morgan fingerprint density at radius 1 is 1.22 bits per heavy atom. The topological polar surface area (TPSA) is 63.4 Å². The van der Waals surface area contributed by atoms with E-state index < -0.39 is 0 Å². The highest BCUT2D eigenvalue weighted by Gasteiger charge is 2.31.